The van der Waals surface area contributed by atoms with Crippen molar-refractivity contribution in [2.24, 2.45) is 4.99 Å². The van der Waals surface area contributed by atoms with Crippen molar-refractivity contribution < 1.29 is 21.6 Å². The average molecular weight is 493 g/mol. The van der Waals surface area contributed by atoms with E-state index in [1.165, 1.54) is 12.1 Å². The Balaban J connectivity index is 0.00000576. The van der Waals surface area contributed by atoms with Crippen LogP contribution in [0.15, 0.2) is 29.3 Å². The van der Waals surface area contributed by atoms with E-state index in [4.69, 9.17) is 0 Å². The molecule has 1 aromatic rings. The van der Waals surface area contributed by atoms with Crippen LogP contribution in [-0.2, 0) is 22.4 Å². The first-order chi connectivity index (χ1) is 11.1. The number of halogens is 4. The van der Waals surface area contributed by atoms with E-state index in [-0.39, 0.29) is 36.3 Å². The van der Waals surface area contributed by atoms with E-state index < -0.39 is 21.6 Å². The van der Waals surface area contributed by atoms with Crippen LogP contribution < -0.4 is 10.6 Å². The minimum Gasteiger partial charge on any atom is -0.357 e. The zero-order chi connectivity index (χ0) is 18.2. The van der Waals surface area contributed by atoms with Gasteiger partial charge in [-0.1, -0.05) is 12.1 Å². The zero-order valence-electron chi connectivity index (χ0n) is 14.1. The Hall–Kier alpha value is -1.04. The number of alkyl halides is 3. The molecule has 0 aliphatic carbocycles. The fourth-order valence-electron chi connectivity index (χ4n) is 1.85. The quantitative estimate of drug-likeness (QED) is 0.348. The van der Waals surface area contributed by atoms with E-state index >= 15 is 0 Å². The second-order valence-corrected chi connectivity index (χ2v) is 7.52. The third-order valence-corrected chi connectivity index (χ3v) is 3.99. The third-order valence-electron chi connectivity index (χ3n) is 3.06. The molecule has 0 saturated carbocycles. The first kappa shape index (κ1) is 24.0. The van der Waals surface area contributed by atoms with Gasteiger partial charge < -0.3 is 10.6 Å². The lowest BCUT2D eigenvalue weighted by Gasteiger charge is -2.12. The molecular formula is C15H23F3IN3O2S. The second-order valence-electron chi connectivity index (χ2n) is 5.26. The fourth-order valence-corrected chi connectivity index (χ4v) is 2.27. The summed E-state index contributed by atoms with van der Waals surface area (Å²) in [5, 5.41) is 6.00. The van der Waals surface area contributed by atoms with E-state index in [0.29, 0.717) is 25.5 Å². The van der Waals surface area contributed by atoms with Crippen molar-refractivity contribution in [3.8, 4) is 0 Å². The predicted octanol–water partition coefficient (Wildman–Crippen LogP) is 2.47. The van der Waals surface area contributed by atoms with Gasteiger partial charge in [-0.15, -0.1) is 24.0 Å². The van der Waals surface area contributed by atoms with E-state index in [1.807, 2.05) is 6.92 Å². The van der Waals surface area contributed by atoms with Crippen LogP contribution in [0.4, 0.5) is 13.2 Å². The maximum Gasteiger partial charge on any atom is 0.416 e. The van der Waals surface area contributed by atoms with Crippen molar-refractivity contribution in [1.82, 2.24) is 10.6 Å². The Morgan fingerprint density at radius 3 is 2.24 bits per heavy atom. The Morgan fingerprint density at radius 1 is 1.16 bits per heavy atom. The fraction of sp³-hybridized carbons (Fsp3) is 0.533. The summed E-state index contributed by atoms with van der Waals surface area (Å²) >= 11 is 0. The van der Waals surface area contributed by atoms with Gasteiger partial charge in [-0.3, -0.25) is 4.99 Å². The molecule has 1 aromatic carbocycles. The third kappa shape index (κ3) is 10.5. The maximum absolute atomic E-state index is 12.5. The summed E-state index contributed by atoms with van der Waals surface area (Å²) in [7, 11) is -3.07. The van der Waals surface area contributed by atoms with Gasteiger partial charge in [-0.2, -0.15) is 13.2 Å². The molecule has 0 atom stereocenters. The summed E-state index contributed by atoms with van der Waals surface area (Å²) in [4.78, 5) is 4.14. The first-order valence-electron chi connectivity index (χ1n) is 7.48. The van der Waals surface area contributed by atoms with Crippen LogP contribution in [0.2, 0.25) is 0 Å². The molecule has 0 aliphatic rings. The van der Waals surface area contributed by atoms with Gasteiger partial charge in [0.15, 0.2) is 5.96 Å². The number of aliphatic imine (C=N–C) groups is 1. The maximum atomic E-state index is 12.5. The number of hydrogen-bond acceptors (Lipinski definition) is 3. The second kappa shape index (κ2) is 10.8. The lowest BCUT2D eigenvalue weighted by atomic mass is 10.1. The van der Waals surface area contributed by atoms with E-state index in [1.54, 1.807) is 0 Å². The van der Waals surface area contributed by atoms with Crippen molar-refractivity contribution in [3.63, 3.8) is 0 Å². The first-order valence-corrected chi connectivity index (χ1v) is 9.54. The molecule has 5 nitrogen and oxygen atoms in total. The lowest BCUT2D eigenvalue weighted by molar-refractivity contribution is -0.137. The van der Waals surface area contributed by atoms with Gasteiger partial charge in [-0.25, -0.2) is 8.42 Å². The summed E-state index contributed by atoms with van der Waals surface area (Å²) in [6, 6.07) is 5.00. The topological polar surface area (TPSA) is 70.6 Å². The summed E-state index contributed by atoms with van der Waals surface area (Å²) in [6.07, 6.45) is -2.66. The molecule has 144 valence electrons. The van der Waals surface area contributed by atoms with E-state index in [2.05, 4.69) is 15.6 Å². The number of nitrogens with zero attached hydrogens (tertiary/aromatic N) is 1. The lowest BCUT2D eigenvalue weighted by Crippen LogP contribution is -2.38. The van der Waals surface area contributed by atoms with Crippen LogP contribution in [-0.4, -0.2) is 46.0 Å². The van der Waals surface area contributed by atoms with Crippen LogP contribution in [0.1, 0.15) is 18.1 Å². The number of hydrogen-bond donors (Lipinski definition) is 2. The van der Waals surface area contributed by atoms with Gasteiger partial charge in [0, 0.05) is 19.3 Å². The Bertz CT molecular complexity index is 647. The Kier molecular flexibility index (Phi) is 10.4. The molecular weight excluding hydrogens is 470 g/mol. The van der Waals surface area contributed by atoms with Crippen molar-refractivity contribution in [3.05, 3.63) is 35.4 Å². The van der Waals surface area contributed by atoms with Gasteiger partial charge in [0.05, 0.1) is 17.9 Å². The van der Waals surface area contributed by atoms with Crippen molar-refractivity contribution >= 4 is 39.8 Å². The summed E-state index contributed by atoms with van der Waals surface area (Å²) in [5.41, 5.74) is 0.0948. The molecule has 0 aliphatic heterocycles. The van der Waals surface area contributed by atoms with Gasteiger partial charge in [0.2, 0.25) is 0 Å². The van der Waals surface area contributed by atoms with Crippen LogP contribution in [0, 0.1) is 0 Å². The zero-order valence-corrected chi connectivity index (χ0v) is 17.2. The van der Waals surface area contributed by atoms with Gasteiger partial charge in [-0.05, 0) is 31.0 Å². The van der Waals surface area contributed by atoms with Gasteiger partial charge in [0.1, 0.15) is 9.84 Å². The molecule has 25 heavy (non-hydrogen) atoms. The molecule has 2 N–H and O–H groups in total. The number of guanidine groups is 1. The van der Waals surface area contributed by atoms with E-state index in [0.717, 1.165) is 24.0 Å². The highest BCUT2D eigenvalue weighted by atomic mass is 127. The number of sulfone groups is 1. The molecule has 0 unspecified atom stereocenters. The molecule has 0 radical (unpaired) electrons. The highest BCUT2D eigenvalue weighted by Gasteiger charge is 2.29. The van der Waals surface area contributed by atoms with Crippen LogP contribution in [0.25, 0.3) is 0 Å². The van der Waals surface area contributed by atoms with Crippen LogP contribution in [0.5, 0.6) is 0 Å². The molecule has 0 amide bonds. The molecule has 0 fully saturated rings. The van der Waals surface area contributed by atoms with E-state index in [9.17, 15) is 21.6 Å². The van der Waals surface area contributed by atoms with Crippen LogP contribution >= 0.6 is 24.0 Å². The van der Waals surface area contributed by atoms with Crippen LogP contribution in [0.3, 0.4) is 0 Å². The molecule has 0 spiro atoms. The van der Waals surface area contributed by atoms with Crippen molar-refractivity contribution in [2.45, 2.75) is 19.5 Å². The largest absolute Gasteiger partial charge is 0.416 e. The Labute approximate surface area is 163 Å². The highest BCUT2D eigenvalue weighted by molar-refractivity contribution is 14.0. The minimum atomic E-state index is -4.33. The SMILES string of the molecule is CCNC(=NCCS(C)(=O)=O)NCCc1ccc(C(F)(F)F)cc1.I. The standard InChI is InChI=1S/C15H22F3N3O2S.HI/c1-3-19-14(21-10-11-24(2,22)23)20-9-8-12-4-6-13(7-5-12)15(16,17)18;/h4-7H,3,8-11H2,1-2H3,(H2,19,20,21);1H. The highest BCUT2D eigenvalue weighted by Crippen LogP contribution is 2.29. The predicted molar refractivity (Wildman–Crippen MR) is 104 cm³/mol. The van der Waals surface area contributed by atoms with Gasteiger partial charge in [0.25, 0.3) is 0 Å². The number of rotatable bonds is 7. The molecule has 0 bridgehead atoms. The van der Waals surface area contributed by atoms with Crippen molar-refractivity contribution in [2.75, 3.05) is 31.6 Å². The molecule has 0 heterocycles. The smallest absolute Gasteiger partial charge is 0.357 e. The minimum absolute atomic E-state index is 0. The monoisotopic (exact) mass is 493 g/mol. The molecule has 10 heteroatoms. The summed E-state index contributed by atoms with van der Waals surface area (Å²) in [6.45, 7) is 3.11. The summed E-state index contributed by atoms with van der Waals surface area (Å²) < 4.78 is 59.6. The number of nitrogens with one attached hydrogen (secondary N) is 2. The molecule has 1 rings (SSSR count). The number of benzene rings is 1. The van der Waals surface area contributed by atoms with Crippen molar-refractivity contribution in [1.29, 1.82) is 0 Å². The molecule has 0 aromatic heterocycles. The average Bonchev–Trinajstić information content (AvgIpc) is 2.45. The van der Waals surface area contributed by atoms with Gasteiger partial charge >= 0.3 is 6.18 Å². The Morgan fingerprint density at radius 2 is 1.76 bits per heavy atom. The summed E-state index contributed by atoms with van der Waals surface area (Å²) in [5.74, 6) is 0.440. The molecule has 0 saturated heterocycles. The normalized spacial score (nSPS) is 12.4.